The lowest BCUT2D eigenvalue weighted by molar-refractivity contribution is 0.480. The molecule has 3 rings (SSSR count). The second kappa shape index (κ2) is 8.15. The van der Waals surface area contributed by atoms with Gasteiger partial charge in [0.2, 0.25) is 5.69 Å². The van der Waals surface area contributed by atoms with Crippen LogP contribution in [-0.4, -0.2) is 13.4 Å². The Labute approximate surface area is 170 Å². The van der Waals surface area contributed by atoms with Crippen molar-refractivity contribution in [3.8, 4) is 17.6 Å². The Hall–Kier alpha value is -3.66. The fourth-order valence-electron chi connectivity index (χ4n) is 2.27. The zero-order valence-electron chi connectivity index (χ0n) is 14.4. The highest BCUT2D eigenvalue weighted by Crippen LogP contribution is 2.33. The van der Waals surface area contributed by atoms with Crippen molar-refractivity contribution in [2.24, 2.45) is 0 Å². The molecule has 0 aliphatic heterocycles. The Bertz CT molecular complexity index is 1280. The molecule has 0 unspecified atom stereocenters. The molecule has 1 N–H and O–H groups in total. The van der Waals surface area contributed by atoms with Gasteiger partial charge in [-0.05, 0) is 42.5 Å². The van der Waals surface area contributed by atoms with E-state index in [0.717, 1.165) is 12.1 Å². The van der Waals surface area contributed by atoms with Crippen LogP contribution in [-0.2, 0) is 10.0 Å². The molecule has 144 valence electrons. The van der Waals surface area contributed by atoms with Gasteiger partial charge in [0.05, 0.1) is 22.1 Å². The van der Waals surface area contributed by atoms with Crippen LogP contribution >= 0.6 is 11.6 Å². The number of nitrogens with one attached hydrogen (secondary N) is 1. The first-order chi connectivity index (χ1) is 13.8. The summed E-state index contributed by atoms with van der Waals surface area (Å²) in [5.74, 6) is -0.942. The van der Waals surface area contributed by atoms with E-state index >= 15 is 0 Å². The van der Waals surface area contributed by atoms with Gasteiger partial charge in [0, 0.05) is 6.20 Å². The lowest BCUT2D eigenvalue weighted by Crippen LogP contribution is -2.15. The van der Waals surface area contributed by atoms with Crippen molar-refractivity contribution >= 4 is 33.1 Å². The number of ether oxygens (including phenoxy) is 1. The van der Waals surface area contributed by atoms with Gasteiger partial charge < -0.3 is 4.74 Å². The molecule has 1 heterocycles. The summed E-state index contributed by atoms with van der Waals surface area (Å²) >= 11 is 5.96. The fourth-order valence-corrected chi connectivity index (χ4v) is 3.52. The Morgan fingerprint density at radius 1 is 1.24 bits per heavy atom. The predicted molar refractivity (Wildman–Crippen MR) is 104 cm³/mol. The zero-order chi connectivity index (χ0) is 21.0. The van der Waals surface area contributed by atoms with Gasteiger partial charge in [0.1, 0.15) is 17.6 Å². The Morgan fingerprint density at radius 3 is 2.69 bits per heavy atom. The number of pyridine rings is 1. The van der Waals surface area contributed by atoms with E-state index < -0.39 is 21.7 Å². The van der Waals surface area contributed by atoms with Crippen LogP contribution in [0, 0.1) is 23.7 Å². The normalized spacial score (nSPS) is 10.6. The Balaban J connectivity index is 1.91. The summed E-state index contributed by atoms with van der Waals surface area (Å²) in [5.41, 5.74) is 0.175. The number of benzene rings is 2. The third kappa shape index (κ3) is 4.43. The summed E-state index contributed by atoms with van der Waals surface area (Å²) in [7, 11) is -4.19. The minimum atomic E-state index is -4.19. The molecule has 2 aromatic carbocycles. The van der Waals surface area contributed by atoms with Gasteiger partial charge in [-0.15, -0.1) is 0 Å². The standard InChI is InChI=1S/C19H10ClFN4O3S/c1-23-17-6-4-13(10-15(17)20)28-18-7-5-14(9-12(18)11-22)29(26,27)25-19-16(21)3-2-8-24-19/h2-10H,(H,24,25). The molecule has 1 aromatic heterocycles. The molecular formula is C19H10ClFN4O3S. The SMILES string of the molecule is [C-]#[N+]c1ccc(Oc2ccc(S(=O)(=O)Nc3ncccc3F)cc2C#N)cc1Cl. The molecule has 0 aliphatic rings. The van der Waals surface area contributed by atoms with E-state index in [1.54, 1.807) is 0 Å². The van der Waals surface area contributed by atoms with Crippen molar-refractivity contribution in [3.05, 3.63) is 82.5 Å². The third-order valence-corrected chi connectivity index (χ3v) is 5.28. The fraction of sp³-hybridized carbons (Fsp3) is 0. The van der Waals surface area contributed by atoms with Crippen LogP contribution in [0.15, 0.2) is 59.6 Å². The lowest BCUT2D eigenvalue weighted by atomic mass is 10.2. The minimum absolute atomic E-state index is 0.0697. The van der Waals surface area contributed by atoms with Gasteiger partial charge in [-0.1, -0.05) is 17.7 Å². The van der Waals surface area contributed by atoms with E-state index in [1.165, 1.54) is 42.6 Å². The van der Waals surface area contributed by atoms with Crippen molar-refractivity contribution < 1.29 is 17.5 Å². The van der Waals surface area contributed by atoms with Crippen LogP contribution in [0.3, 0.4) is 0 Å². The number of hydrogen-bond acceptors (Lipinski definition) is 5. The molecule has 10 heteroatoms. The molecule has 3 aromatic rings. The molecular weight excluding hydrogens is 419 g/mol. The van der Waals surface area contributed by atoms with Crippen LogP contribution in [0.1, 0.15) is 5.56 Å². The second-order valence-corrected chi connectivity index (χ2v) is 7.63. The number of nitrogens with zero attached hydrogens (tertiary/aromatic N) is 3. The van der Waals surface area contributed by atoms with E-state index in [9.17, 15) is 18.1 Å². The maximum absolute atomic E-state index is 13.7. The summed E-state index contributed by atoms with van der Waals surface area (Å²) in [5, 5.41) is 9.55. The van der Waals surface area contributed by atoms with Gasteiger partial charge in [-0.3, -0.25) is 4.72 Å². The molecule has 0 bridgehead atoms. The monoisotopic (exact) mass is 428 g/mol. The van der Waals surface area contributed by atoms with E-state index in [1.807, 2.05) is 10.8 Å². The Kier molecular flexibility index (Phi) is 5.64. The van der Waals surface area contributed by atoms with Crippen molar-refractivity contribution in [2.75, 3.05) is 4.72 Å². The van der Waals surface area contributed by atoms with Crippen LogP contribution < -0.4 is 9.46 Å². The van der Waals surface area contributed by atoms with Gasteiger partial charge in [-0.2, -0.15) is 5.26 Å². The molecule has 0 spiro atoms. The molecule has 0 radical (unpaired) electrons. The number of halogens is 2. The van der Waals surface area contributed by atoms with Crippen LogP contribution in [0.2, 0.25) is 5.02 Å². The first-order valence-electron chi connectivity index (χ1n) is 7.86. The van der Waals surface area contributed by atoms with E-state index in [4.69, 9.17) is 22.9 Å². The summed E-state index contributed by atoms with van der Waals surface area (Å²) in [6.45, 7) is 6.98. The number of aromatic nitrogens is 1. The Morgan fingerprint density at radius 2 is 2.03 bits per heavy atom. The molecule has 7 nitrogen and oxygen atoms in total. The average molecular weight is 429 g/mol. The topological polar surface area (TPSA) is 96.4 Å². The van der Waals surface area contributed by atoms with E-state index in [0.29, 0.717) is 0 Å². The van der Waals surface area contributed by atoms with E-state index in [-0.39, 0.29) is 32.7 Å². The summed E-state index contributed by atoms with van der Waals surface area (Å²) < 4.78 is 46.3. The number of nitriles is 1. The summed E-state index contributed by atoms with van der Waals surface area (Å²) in [6, 6.07) is 12.2. The van der Waals surface area contributed by atoms with Crippen LogP contribution in [0.25, 0.3) is 4.85 Å². The molecule has 0 amide bonds. The maximum atomic E-state index is 13.7. The second-order valence-electron chi connectivity index (χ2n) is 5.54. The highest BCUT2D eigenvalue weighted by molar-refractivity contribution is 7.92. The first kappa shape index (κ1) is 20.1. The zero-order valence-corrected chi connectivity index (χ0v) is 16.0. The van der Waals surface area contributed by atoms with Gasteiger partial charge in [0.25, 0.3) is 10.0 Å². The summed E-state index contributed by atoms with van der Waals surface area (Å²) in [6.07, 6.45) is 1.24. The van der Waals surface area contributed by atoms with Crippen molar-refractivity contribution in [2.45, 2.75) is 4.90 Å². The third-order valence-electron chi connectivity index (χ3n) is 3.64. The number of sulfonamides is 1. The quantitative estimate of drug-likeness (QED) is 0.583. The van der Waals surface area contributed by atoms with E-state index in [2.05, 4.69) is 9.83 Å². The number of hydrogen-bond donors (Lipinski definition) is 1. The smallest absolute Gasteiger partial charge is 0.263 e. The van der Waals surface area contributed by atoms with Gasteiger partial charge in [-0.25, -0.2) is 22.6 Å². The number of anilines is 1. The van der Waals surface area contributed by atoms with Crippen molar-refractivity contribution in [3.63, 3.8) is 0 Å². The lowest BCUT2D eigenvalue weighted by Gasteiger charge is -2.11. The largest absolute Gasteiger partial charge is 0.456 e. The van der Waals surface area contributed by atoms with Crippen LogP contribution in [0.5, 0.6) is 11.5 Å². The molecule has 0 saturated heterocycles. The maximum Gasteiger partial charge on any atom is 0.263 e. The number of rotatable bonds is 5. The van der Waals surface area contributed by atoms with Gasteiger partial charge in [0.15, 0.2) is 11.6 Å². The molecule has 0 atom stereocenters. The van der Waals surface area contributed by atoms with Crippen molar-refractivity contribution in [1.82, 2.24) is 4.98 Å². The van der Waals surface area contributed by atoms with Crippen molar-refractivity contribution in [1.29, 1.82) is 5.26 Å². The van der Waals surface area contributed by atoms with Crippen LogP contribution in [0.4, 0.5) is 15.9 Å². The highest BCUT2D eigenvalue weighted by Gasteiger charge is 2.19. The molecule has 0 fully saturated rings. The molecule has 29 heavy (non-hydrogen) atoms. The summed E-state index contributed by atoms with van der Waals surface area (Å²) in [4.78, 5) is 6.60. The minimum Gasteiger partial charge on any atom is -0.456 e. The highest BCUT2D eigenvalue weighted by atomic mass is 35.5. The molecule has 0 aliphatic carbocycles. The first-order valence-corrected chi connectivity index (χ1v) is 9.72. The predicted octanol–water partition coefficient (Wildman–Crippen LogP) is 4.89. The average Bonchev–Trinajstić information content (AvgIpc) is 2.70. The molecule has 0 saturated carbocycles. The van der Waals surface area contributed by atoms with Gasteiger partial charge >= 0.3 is 0 Å².